The lowest BCUT2D eigenvalue weighted by Gasteiger charge is -2.08. The van der Waals surface area contributed by atoms with Gasteiger partial charge < -0.3 is 4.74 Å². The summed E-state index contributed by atoms with van der Waals surface area (Å²) in [6.07, 6.45) is 1.60. The second-order valence-corrected chi connectivity index (χ2v) is 4.24. The van der Waals surface area contributed by atoms with Crippen molar-refractivity contribution in [3.05, 3.63) is 52.0 Å². The van der Waals surface area contributed by atoms with Crippen molar-refractivity contribution >= 4 is 23.2 Å². The van der Waals surface area contributed by atoms with Gasteiger partial charge in [0.15, 0.2) is 0 Å². The van der Waals surface area contributed by atoms with Gasteiger partial charge in [0, 0.05) is 23.9 Å². The smallest absolute Gasteiger partial charge is 0.142 e. The van der Waals surface area contributed by atoms with E-state index in [9.17, 15) is 4.39 Å². The lowest BCUT2D eigenvalue weighted by Crippen LogP contribution is -1.90. The fourth-order valence-electron chi connectivity index (χ4n) is 1.26. The van der Waals surface area contributed by atoms with Gasteiger partial charge in [0.1, 0.15) is 22.5 Å². The molecule has 0 aliphatic heterocycles. The molecule has 0 fully saturated rings. The molecule has 17 heavy (non-hydrogen) atoms. The molecule has 0 aliphatic rings. The largest absolute Gasteiger partial charge is 0.457 e. The first-order valence-corrected chi connectivity index (χ1v) is 5.57. The van der Waals surface area contributed by atoms with Gasteiger partial charge >= 0.3 is 0 Å². The second-order valence-electron chi connectivity index (χ2n) is 3.45. The molecule has 0 bridgehead atoms. The Hall–Kier alpha value is -1.32. The van der Waals surface area contributed by atoms with Crippen molar-refractivity contribution in [3.63, 3.8) is 0 Å². The van der Waals surface area contributed by atoms with Crippen LogP contribution in [0.4, 0.5) is 4.39 Å². The molecule has 2 aromatic rings. The molecule has 0 saturated heterocycles. The van der Waals surface area contributed by atoms with Crippen LogP contribution in [0.5, 0.6) is 11.5 Å². The molecule has 88 valence electrons. The summed E-state index contributed by atoms with van der Waals surface area (Å²) in [6.45, 7) is 1.84. The van der Waals surface area contributed by atoms with Crippen LogP contribution in [-0.2, 0) is 0 Å². The summed E-state index contributed by atoms with van der Waals surface area (Å²) >= 11 is 11.4. The zero-order valence-electron chi connectivity index (χ0n) is 8.88. The zero-order chi connectivity index (χ0) is 12.4. The Kier molecular flexibility index (Phi) is 3.50. The van der Waals surface area contributed by atoms with Crippen LogP contribution in [-0.4, -0.2) is 4.98 Å². The Morgan fingerprint density at radius 1 is 1.24 bits per heavy atom. The average Bonchev–Trinajstić information content (AvgIpc) is 2.29. The maximum Gasteiger partial charge on any atom is 0.142 e. The number of nitrogens with zero attached hydrogens (tertiary/aromatic N) is 1. The number of aromatic nitrogens is 1. The summed E-state index contributed by atoms with van der Waals surface area (Å²) in [5.41, 5.74) is 0.829. The summed E-state index contributed by atoms with van der Waals surface area (Å²) in [4.78, 5) is 3.91. The number of hydrogen-bond acceptors (Lipinski definition) is 2. The van der Waals surface area contributed by atoms with Gasteiger partial charge in [-0.1, -0.05) is 23.2 Å². The molecule has 0 N–H and O–H groups in total. The molecule has 0 spiro atoms. The maximum absolute atomic E-state index is 13.0. The summed E-state index contributed by atoms with van der Waals surface area (Å²) in [5.74, 6) is 0.526. The van der Waals surface area contributed by atoms with E-state index in [0.29, 0.717) is 16.7 Å². The number of halogens is 3. The van der Waals surface area contributed by atoms with Crippen molar-refractivity contribution in [3.8, 4) is 11.5 Å². The van der Waals surface area contributed by atoms with Crippen molar-refractivity contribution in [2.75, 3.05) is 0 Å². The summed E-state index contributed by atoms with van der Waals surface area (Å²) < 4.78 is 18.5. The minimum Gasteiger partial charge on any atom is -0.457 e. The molecule has 0 atom stereocenters. The maximum atomic E-state index is 13.0. The standard InChI is InChI=1S/C12H8Cl2FNO/c1-7-6-16-12(14)5-11(7)17-8-2-3-10(15)9(13)4-8/h2-6H,1H3. The molecule has 0 radical (unpaired) electrons. The van der Waals surface area contributed by atoms with Crippen molar-refractivity contribution in [2.24, 2.45) is 0 Å². The number of aryl methyl sites for hydroxylation is 1. The van der Waals surface area contributed by atoms with Crippen LogP contribution in [0.2, 0.25) is 10.2 Å². The Balaban J connectivity index is 2.31. The fourth-order valence-corrected chi connectivity index (χ4v) is 1.58. The Morgan fingerprint density at radius 3 is 2.71 bits per heavy atom. The average molecular weight is 272 g/mol. The third-order valence-electron chi connectivity index (χ3n) is 2.14. The lowest BCUT2D eigenvalue weighted by molar-refractivity contribution is 0.476. The molecule has 1 heterocycles. The third kappa shape index (κ3) is 2.87. The van der Waals surface area contributed by atoms with E-state index in [-0.39, 0.29) is 5.02 Å². The highest BCUT2D eigenvalue weighted by atomic mass is 35.5. The van der Waals surface area contributed by atoms with E-state index >= 15 is 0 Å². The summed E-state index contributed by atoms with van der Waals surface area (Å²) in [5, 5.41) is 0.346. The monoisotopic (exact) mass is 271 g/mol. The van der Waals surface area contributed by atoms with Gasteiger partial charge in [-0.2, -0.15) is 0 Å². The van der Waals surface area contributed by atoms with Gasteiger partial charge in [-0.25, -0.2) is 9.37 Å². The second kappa shape index (κ2) is 4.90. The lowest BCUT2D eigenvalue weighted by atomic mass is 10.3. The highest BCUT2D eigenvalue weighted by Crippen LogP contribution is 2.29. The molecule has 5 heteroatoms. The summed E-state index contributed by atoms with van der Waals surface area (Å²) in [6, 6.07) is 5.74. The Morgan fingerprint density at radius 2 is 2.00 bits per heavy atom. The SMILES string of the molecule is Cc1cnc(Cl)cc1Oc1ccc(F)c(Cl)c1. The minimum atomic E-state index is -0.483. The summed E-state index contributed by atoms with van der Waals surface area (Å²) in [7, 11) is 0. The van der Waals surface area contributed by atoms with E-state index in [1.165, 1.54) is 18.2 Å². The van der Waals surface area contributed by atoms with Crippen LogP contribution in [0.15, 0.2) is 30.5 Å². The van der Waals surface area contributed by atoms with Crippen molar-refractivity contribution < 1.29 is 9.13 Å². The first-order valence-electron chi connectivity index (χ1n) is 4.81. The number of ether oxygens (including phenoxy) is 1. The molecule has 0 unspecified atom stereocenters. The highest BCUT2D eigenvalue weighted by Gasteiger charge is 2.06. The van der Waals surface area contributed by atoms with Crippen molar-refractivity contribution in [2.45, 2.75) is 6.92 Å². The predicted octanol–water partition coefficient (Wildman–Crippen LogP) is 4.63. The van der Waals surface area contributed by atoms with E-state index in [0.717, 1.165) is 5.56 Å². The molecular weight excluding hydrogens is 264 g/mol. The predicted molar refractivity (Wildman–Crippen MR) is 65.5 cm³/mol. The third-order valence-corrected chi connectivity index (χ3v) is 2.64. The van der Waals surface area contributed by atoms with Crippen LogP contribution < -0.4 is 4.74 Å². The Bertz CT molecular complexity index is 560. The molecule has 2 rings (SSSR count). The van der Waals surface area contributed by atoms with E-state index in [4.69, 9.17) is 27.9 Å². The van der Waals surface area contributed by atoms with Gasteiger partial charge in [0.05, 0.1) is 5.02 Å². The zero-order valence-corrected chi connectivity index (χ0v) is 10.4. The van der Waals surface area contributed by atoms with E-state index in [1.54, 1.807) is 12.3 Å². The van der Waals surface area contributed by atoms with E-state index in [2.05, 4.69) is 4.98 Å². The highest BCUT2D eigenvalue weighted by molar-refractivity contribution is 6.30. The van der Waals surface area contributed by atoms with Gasteiger partial charge in [0.25, 0.3) is 0 Å². The first kappa shape index (κ1) is 12.1. The molecular formula is C12H8Cl2FNO. The molecule has 0 saturated carbocycles. The molecule has 0 aliphatic carbocycles. The fraction of sp³-hybridized carbons (Fsp3) is 0.0833. The molecule has 1 aromatic heterocycles. The van der Waals surface area contributed by atoms with Crippen LogP contribution >= 0.6 is 23.2 Å². The normalized spacial score (nSPS) is 10.4. The molecule has 0 amide bonds. The van der Waals surface area contributed by atoms with E-state index in [1.807, 2.05) is 6.92 Å². The molecule has 1 aromatic carbocycles. The van der Waals surface area contributed by atoms with E-state index < -0.39 is 5.82 Å². The van der Waals surface area contributed by atoms with Gasteiger partial charge in [-0.15, -0.1) is 0 Å². The number of hydrogen-bond donors (Lipinski definition) is 0. The van der Waals surface area contributed by atoms with Gasteiger partial charge in [-0.3, -0.25) is 0 Å². The van der Waals surface area contributed by atoms with Crippen molar-refractivity contribution in [1.82, 2.24) is 4.98 Å². The van der Waals surface area contributed by atoms with Gasteiger partial charge in [-0.05, 0) is 19.1 Å². The first-order chi connectivity index (χ1) is 8.06. The van der Waals surface area contributed by atoms with Crippen LogP contribution in [0.3, 0.4) is 0 Å². The van der Waals surface area contributed by atoms with Crippen LogP contribution in [0.1, 0.15) is 5.56 Å². The van der Waals surface area contributed by atoms with Crippen molar-refractivity contribution in [1.29, 1.82) is 0 Å². The number of pyridine rings is 1. The Labute approximate surface area is 108 Å². The van der Waals surface area contributed by atoms with Crippen LogP contribution in [0.25, 0.3) is 0 Å². The van der Waals surface area contributed by atoms with Gasteiger partial charge in [0.2, 0.25) is 0 Å². The minimum absolute atomic E-state index is 0.0142. The quantitative estimate of drug-likeness (QED) is 0.743. The number of rotatable bonds is 2. The number of benzene rings is 1. The topological polar surface area (TPSA) is 22.1 Å². The van der Waals surface area contributed by atoms with Crippen LogP contribution in [0, 0.1) is 12.7 Å². The molecule has 2 nitrogen and oxygen atoms in total.